The number of amides is 1. The van der Waals surface area contributed by atoms with Crippen LogP contribution in [0, 0.1) is 11.3 Å². The molecule has 1 aromatic carbocycles. The number of amidine groups is 1. The smallest absolute Gasteiger partial charge is 0.416 e. The molecule has 3 heterocycles. The Bertz CT molecular complexity index is 1100. The van der Waals surface area contributed by atoms with Crippen molar-refractivity contribution >= 4 is 17.5 Å². The van der Waals surface area contributed by atoms with Crippen molar-refractivity contribution in [3.05, 3.63) is 59.8 Å². The van der Waals surface area contributed by atoms with Gasteiger partial charge in [-0.2, -0.15) is 5.53 Å². The van der Waals surface area contributed by atoms with Gasteiger partial charge in [-0.25, -0.2) is 14.2 Å². The lowest BCUT2D eigenvalue weighted by molar-refractivity contribution is 0.0361. The number of carbonyl (C=O) groups is 1. The fraction of sp³-hybridized carbons (Fsp3) is 0.440. The molecule has 0 aliphatic carbocycles. The molecule has 1 aromatic rings. The van der Waals surface area contributed by atoms with Crippen LogP contribution in [0.4, 0.5) is 9.18 Å². The van der Waals surface area contributed by atoms with Crippen LogP contribution in [0.25, 0.3) is 5.57 Å². The van der Waals surface area contributed by atoms with Crippen LogP contribution in [0.2, 0.25) is 0 Å². The maximum Gasteiger partial charge on any atom is 0.416 e. The van der Waals surface area contributed by atoms with Gasteiger partial charge in [0.05, 0.1) is 0 Å². The van der Waals surface area contributed by atoms with Crippen LogP contribution in [0.15, 0.2) is 58.7 Å². The number of benzene rings is 1. The molecule has 35 heavy (non-hydrogen) atoms. The van der Waals surface area contributed by atoms with Gasteiger partial charge in [0.1, 0.15) is 23.1 Å². The second-order valence-electron chi connectivity index (χ2n) is 9.58. The molecule has 0 saturated carbocycles. The van der Waals surface area contributed by atoms with Gasteiger partial charge in [0, 0.05) is 42.2 Å². The second kappa shape index (κ2) is 10.4. The lowest BCUT2D eigenvalue weighted by atomic mass is 10.0. The van der Waals surface area contributed by atoms with Crippen molar-refractivity contribution in [2.24, 2.45) is 10.3 Å². The number of halogens is 1. The second-order valence-corrected chi connectivity index (χ2v) is 9.58. The van der Waals surface area contributed by atoms with E-state index in [1.165, 1.54) is 18.2 Å². The monoisotopic (exact) mass is 482 g/mol. The van der Waals surface area contributed by atoms with E-state index in [2.05, 4.69) is 10.2 Å². The minimum atomic E-state index is -0.654. The van der Waals surface area contributed by atoms with E-state index in [1.807, 2.05) is 37.9 Å². The number of rotatable bonds is 6. The molecule has 3 aliphatic rings. The van der Waals surface area contributed by atoms with E-state index in [0.29, 0.717) is 36.9 Å². The van der Waals surface area contributed by atoms with Crippen LogP contribution in [-0.4, -0.2) is 65.0 Å². The molecular formula is C25H31FN6O3. The maximum atomic E-state index is 14.8. The largest absolute Gasteiger partial charge is 0.443 e. The zero-order chi connectivity index (χ0) is 25.0. The van der Waals surface area contributed by atoms with Crippen molar-refractivity contribution in [3.63, 3.8) is 0 Å². The summed E-state index contributed by atoms with van der Waals surface area (Å²) in [5.74, 6) is 0.734. The number of allylic oxidation sites excluding steroid dienone is 2. The third-order valence-corrected chi connectivity index (χ3v) is 5.83. The first kappa shape index (κ1) is 24.6. The molecule has 9 nitrogen and oxygen atoms in total. The molecule has 0 bridgehead atoms. The summed E-state index contributed by atoms with van der Waals surface area (Å²) >= 11 is 0. The SMILES string of the molecule is CC(C)(C)OC(=O)N(CCN1CCCC1)C1=NC2=C(c3cc(ON=N)ccc3F)C=CCN2C=C1. The highest BCUT2D eigenvalue weighted by atomic mass is 19.1. The Labute approximate surface area is 204 Å². The number of nitrogens with one attached hydrogen (secondary N) is 1. The number of ether oxygens (including phenoxy) is 1. The third kappa shape index (κ3) is 5.94. The van der Waals surface area contributed by atoms with Crippen LogP contribution in [0.5, 0.6) is 5.75 Å². The fourth-order valence-corrected chi connectivity index (χ4v) is 4.20. The van der Waals surface area contributed by atoms with E-state index < -0.39 is 17.5 Å². The summed E-state index contributed by atoms with van der Waals surface area (Å²) in [4.78, 5) is 28.6. The van der Waals surface area contributed by atoms with Crippen molar-refractivity contribution in [1.29, 1.82) is 5.53 Å². The first-order chi connectivity index (χ1) is 16.7. The Hall–Kier alpha value is -3.53. The van der Waals surface area contributed by atoms with Gasteiger partial charge in [-0.3, -0.25) is 4.90 Å². The standard InChI is InChI=1S/C25H31FN6O3/c1-25(2,3)34-24(33)32(16-15-30-11-4-5-12-30)22-10-14-31-13-6-7-19(23(31)28-22)20-17-18(35-29-27)8-9-21(20)26/h6-10,14,17,27H,4-5,11-13,15-16H2,1-3H3. The summed E-state index contributed by atoms with van der Waals surface area (Å²) in [5.41, 5.74) is 7.07. The van der Waals surface area contributed by atoms with E-state index in [4.69, 9.17) is 20.1 Å². The molecular weight excluding hydrogens is 451 g/mol. The summed E-state index contributed by atoms with van der Waals surface area (Å²) < 4.78 is 20.5. The Balaban J connectivity index is 1.71. The highest BCUT2D eigenvalue weighted by molar-refractivity contribution is 6.04. The Morgan fingerprint density at radius 3 is 2.74 bits per heavy atom. The number of carbonyl (C=O) groups excluding carboxylic acids is 1. The zero-order valence-electron chi connectivity index (χ0n) is 20.3. The molecule has 1 N–H and O–H groups in total. The van der Waals surface area contributed by atoms with E-state index >= 15 is 0 Å². The molecule has 1 fully saturated rings. The molecule has 0 aromatic heterocycles. The van der Waals surface area contributed by atoms with Crippen molar-refractivity contribution in [2.45, 2.75) is 39.2 Å². The van der Waals surface area contributed by atoms with Gasteiger partial charge in [-0.05, 0) is 71.0 Å². The van der Waals surface area contributed by atoms with Gasteiger partial charge in [0.15, 0.2) is 5.75 Å². The average molecular weight is 483 g/mol. The molecule has 0 atom stereocenters. The Morgan fingerprint density at radius 1 is 1.26 bits per heavy atom. The van der Waals surface area contributed by atoms with Crippen LogP contribution < -0.4 is 4.84 Å². The summed E-state index contributed by atoms with van der Waals surface area (Å²) in [6, 6.07) is 4.16. The van der Waals surface area contributed by atoms with E-state index in [1.54, 1.807) is 17.1 Å². The Morgan fingerprint density at radius 2 is 2.03 bits per heavy atom. The van der Waals surface area contributed by atoms with Crippen molar-refractivity contribution in [2.75, 3.05) is 32.7 Å². The molecule has 186 valence electrons. The van der Waals surface area contributed by atoms with E-state index in [9.17, 15) is 9.18 Å². The van der Waals surface area contributed by atoms with Gasteiger partial charge < -0.3 is 19.4 Å². The number of hydrogen-bond acceptors (Lipinski definition) is 8. The van der Waals surface area contributed by atoms with Crippen molar-refractivity contribution in [1.82, 2.24) is 14.7 Å². The molecule has 0 radical (unpaired) electrons. The predicted molar refractivity (Wildman–Crippen MR) is 130 cm³/mol. The minimum absolute atomic E-state index is 0.242. The molecule has 0 spiro atoms. The normalized spacial score (nSPS) is 17.8. The molecule has 10 heteroatoms. The molecule has 0 unspecified atom stereocenters. The minimum Gasteiger partial charge on any atom is -0.443 e. The summed E-state index contributed by atoms with van der Waals surface area (Å²) in [6.07, 6.45) is 9.17. The first-order valence-electron chi connectivity index (χ1n) is 11.8. The van der Waals surface area contributed by atoms with Gasteiger partial charge >= 0.3 is 6.09 Å². The fourth-order valence-electron chi connectivity index (χ4n) is 4.20. The van der Waals surface area contributed by atoms with Crippen LogP contribution in [-0.2, 0) is 4.74 Å². The third-order valence-electron chi connectivity index (χ3n) is 5.83. The average Bonchev–Trinajstić information content (AvgIpc) is 3.33. The summed E-state index contributed by atoms with van der Waals surface area (Å²) in [5, 5.41) is 2.92. The maximum absolute atomic E-state index is 14.8. The summed E-state index contributed by atoms with van der Waals surface area (Å²) in [6.45, 7) is 9.23. The molecule has 1 saturated heterocycles. The summed E-state index contributed by atoms with van der Waals surface area (Å²) in [7, 11) is 0. The zero-order valence-corrected chi connectivity index (χ0v) is 20.3. The van der Waals surface area contributed by atoms with Crippen LogP contribution in [0.3, 0.4) is 0 Å². The van der Waals surface area contributed by atoms with Crippen molar-refractivity contribution in [3.8, 4) is 5.75 Å². The van der Waals surface area contributed by atoms with Gasteiger partial charge in [-0.1, -0.05) is 12.2 Å². The molecule has 1 amide bonds. The van der Waals surface area contributed by atoms with Gasteiger partial charge in [0.25, 0.3) is 0 Å². The van der Waals surface area contributed by atoms with Crippen LogP contribution >= 0.6 is 0 Å². The van der Waals surface area contributed by atoms with Crippen LogP contribution in [0.1, 0.15) is 39.2 Å². The highest BCUT2D eigenvalue weighted by Crippen LogP contribution is 2.33. The number of nitrogens with zero attached hydrogens (tertiary/aromatic N) is 5. The lowest BCUT2D eigenvalue weighted by Gasteiger charge is -2.33. The van der Waals surface area contributed by atoms with E-state index in [0.717, 1.165) is 25.9 Å². The predicted octanol–water partition coefficient (Wildman–Crippen LogP) is 4.95. The molecule has 4 rings (SSSR count). The number of likely N-dealkylation sites (tertiary alicyclic amines) is 1. The van der Waals surface area contributed by atoms with E-state index in [-0.39, 0.29) is 11.3 Å². The van der Waals surface area contributed by atoms with Gasteiger partial charge in [-0.15, -0.1) is 0 Å². The van der Waals surface area contributed by atoms with Gasteiger partial charge in [0.2, 0.25) is 0 Å². The highest BCUT2D eigenvalue weighted by Gasteiger charge is 2.29. The lowest BCUT2D eigenvalue weighted by Crippen LogP contribution is -2.45. The number of aliphatic imine (C=N–C) groups is 1. The Kier molecular flexibility index (Phi) is 7.30. The number of fused-ring (bicyclic) bond motifs is 1. The topological polar surface area (TPSA) is 93.8 Å². The molecule has 3 aliphatic heterocycles. The quantitative estimate of drug-likeness (QED) is 0.457. The first-order valence-corrected chi connectivity index (χ1v) is 11.8. The van der Waals surface area contributed by atoms with Crippen molar-refractivity contribution < 1.29 is 18.8 Å². The number of hydrogen-bond donors (Lipinski definition) is 1.